The molecule has 0 aliphatic carbocycles. The van der Waals surface area contributed by atoms with Crippen LogP contribution >= 0.6 is 0 Å². The Morgan fingerprint density at radius 1 is 1.44 bits per heavy atom. The zero-order valence-corrected chi connectivity index (χ0v) is 9.62. The Balaban J connectivity index is 2.61. The molecule has 1 unspecified atom stereocenters. The Kier molecular flexibility index (Phi) is 4.22. The number of carbonyl (C=O) groups is 1. The van der Waals surface area contributed by atoms with Crippen LogP contribution in [0.15, 0.2) is 18.3 Å². The minimum Gasteiger partial charge on any atom is -0.356 e. The first-order valence-corrected chi connectivity index (χ1v) is 5.18. The van der Waals surface area contributed by atoms with E-state index in [2.05, 4.69) is 15.6 Å². The van der Waals surface area contributed by atoms with Gasteiger partial charge in [-0.15, -0.1) is 0 Å². The summed E-state index contributed by atoms with van der Waals surface area (Å²) < 4.78 is 13.2. The number of carbonyl (C=O) groups excluding carboxylic acids is 1. The summed E-state index contributed by atoms with van der Waals surface area (Å²) in [5, 5.41) is 5.45. The average Bonchev–Trinajstić information content (AvgIpc) is 2.20. The molecule has 0 aliphatic rings. The fraction of sp³-hybridized carbons (Fsp3) is 0.455. The van der Waals surface area contributed by atoms with Gasteiger partial charge in [0.05, 0.1) is 0 Å². The summed E-state index contributed by atoms with van der Waals surface area (Å²) >= 11 is 0. The summed E-state index contributed by atoms with van der Waals surface area (Å²) in [5.74, 6) is -0.555. The van der Waals surface area contributed by atoms with E-state index in [1.807, 2.05) is 13.8 Å². The molecule has 88 valence electrons. The van der Waals surface area contributed by atoms with Gasteiger partial charge in [-0.25, -0.2) is 9.37 Å². The molecule has 0 aromatic carbocycles. The van der Waals surface area contributed by atoms with Crippen LogP contribution in [0.5, 0.6) is 0 Å². The Bertz CT molecular complexity index is 368. The second-order valence-corrected chi connectivity index (χ2v) is 3.86. The van der Waals surface area contributed by atoms with Crippen molar-refractivity contribution >= 4 is 11.7 Å². The van der Waals surface area contributed by atoms with Gasteiger partial charge in [-0.05, 0) is 32.9 Å². The molecule has 0 bridgehead atoms. The zero-order chi connectivity index (χ0) is 12.1. The molecule has 1 atom stereocenters. The van der Waals surface area contributed by atoms with E-state index in [9.17, 15) is 9.18 Å². The number of pyridine rings is 1. The molecule has 2 N–H and O–H groups in total. The summed E-state index contributed by atoms with van der Waals surface area (Å²) in [6.45, 7) is 5.39. The van der Waals surface area contributed by atoms with E-state index in [0.717, 1.165) is 0 Å². The van der Waals surface area contributed by atoms with Crippen LogP contribution in [-0.4, -0.2) is 23.0 Å². The molecule has 0 saturated heterocycles. The third-order valence-corrected chi connectivity index (χ3v) is 1.94. The van der Waals surface area contributed by atoms with Crippen LogP contribution in [0, 0.1) is 5.82 Å². The largest absolute Gasteiger partial charge is 0.356 e. The summed E-state index contributed by atoms with van der Waals surface area (Å²) in [6, 6.07) is 2.33. The molecule has 0 fully saturated rings. The Labute approximate surface area is 94.3 Å². The van der Waals surface area contributed by atoms with Crippen LogP contribution < -0.4 is 10.6 Å². The van der Waals surface area contributed by atoms with E-state index in [1.54, 1.807) is 6.92 Å². The van der Waals surface area contributed by atoms with Crippen molar-refractivity contribution in [2.24, 2.45) is 0 Å². The molecule has 16 heavy (non-hydrogen) atoms. The van der Waals surface area contributed by atoms with E-state index in [0.29, 0.717) is 0 Å². The summed E-state index contributed by atoms with van der Waals surface area (Å²) in [5.41, 5.74) is 0. The SMILES string of the molecule is CC(C)NC(=O)C(C)Nc1ncccc1F. The van der Waals surface area contributed by atoms with Crippen molar-refractivity contribution in [2.75, 3.05) is 5.32 Å². The molecule has 4 nitrogen and oxygen atoms in total. The van der Waals surface area contributed by atoms with E-state index < -0.39 is 11.9 Å². The highest BCUT2D eigenvalue weighted by molar-refractivity contribution is 5.84. The Morgan fingerprint density at radius 3 is 2.69 bits per heavy atom. The number of anilines is 1. The van der Waals surface area contributed by atoms with Gasteiger partial charge in [-0.3, -0.25) is 4.79 Å². The second kappa shape index (κ2) is 5.44. The van der Waals surface area contributed by atoms with Crippen molar-refractivity contribution in [2.45, 2.75) is 32.9 Å². The van der Waals surface area contributed by atoms with Crippen LogP contribution in [0.25, 0.3) is 0 Å². The number of hydrogen-bond acceptors (Lipinski definition) is 3. The molecule has 0 aliphatic heterocycles. The van der Waals surface area contributed by atoms with Crippen LogP contribution in [0.1, 0.15) is 20.8 Å². The van der Waals surface area contributed by atoms with Gasteiger partial charge in [0.15, 0.2) is 11.6 Å². The van der Waals surface area contributed by atoms with Crippen molar-refractivity contribution in [3.8, 4) is 0 Å². The van der Waals surface area contributed by atoms with Crippen LogP contribution in [0.2, 0.25) is 0 Å². The minimum absolute atomic E-state index is 0.0605. The molecule has 1 amide bonds. The molecular formula is C11H16FN3O. The molecule has 0 saturated carbocycles. The standard InChI is InChI=1S/C11H16FN3O/c1-7(2)14-11(16)8(3)15-10-9(12)5-4-6-13-10/h4-8H,1-3H3,(H,13,15)(H,14,16). The highest BCUT2D eigenvalue weighted by atomic mass is 19.1. The van der Waals surface area contributed by atoms with Gasteiger partial charge in [0, 0.05) is 12.2 Å². The number of halogens is 1. The fourth-order valence-corrected chi connectivity index (χ4v) is 1.17. The third-order valence-electron chi connectivity index (χ3n) is 1.94. The van der Waals surface area contributed by atoms with E-state index >= 15 is 0 Å². The maximum Gasteiger partial charge on any atom is 0.242 e. The molecule has 1 rings (SSSR count). The number of aromatic nitrogens is 1. The molecule has 0 spiro atoms. The number of rotatable bonds is 4. The lowest BCUT2D eigenvalue weighted by Gasteiger charge is -2.16. The smallest absolute Gasteiger partial charge is 0.242 e. The van der Waals surface area contributed by atoms with Gasteiger partial charge < -0.3 is 10.6 Å². The van der Waals surface area contributed by atoms with Crippen molar-refractivity contribution in [3.05, 3.63) is 24.1 Å². The normalized spacial score (nSPS) is 12.3. The van der Waals surface area contributed by atoms with Gasteiger partial charge in [0.25, 0.3) is 0 Å². The number of amides is 1. The first-order chi connectivity index (χ1) is 7.50. The molecule has 1 heterocycles. The number of nitrogens with zero attached hydrogens (tertiary/aromatic N) is 1. The van der Waals surface area contributed by atoms with Gasteiger partial charge in [-0.1, -0.05) is 0 Å². The molecule has 5 heteroatoms. The van der Waals surface area contributed by atoms with Crippen molar-refractivity contribution < 1.29 is 9.18 Å². The van der Waals surface area contributed by atoms with E-state index in [1.165, 1.54) is 18.3 Å². The van der Waals surface area contributed by atoms with E-state index in [-0.39, 0.29) is 17.8 Å². The number of hydrogen-bond donors (Lipinski definition) is 2. The predicted octanol–water partition coefficient (Wildman–Crippen LogP) is 1.55. The lowest BCUT2D eigenvalue weighted by Crippen LogP contribution is -2.41. The highest BCUT2D eigenvalue weighted by Gasteiger charge is 2.15. The van der Waals surface area contributed by atoms with Gasteiger partial charge >= 0.3 is 0 Å². The lowest BCUT2D eigenvalue weighted by atomic mass is 10.2. The maximum atomic E-state index is 13.2. The van der Waals surface area contributed by atoms with Crippen molar-refractivity contribution in [3.63, 3.8) is 0 Å². The molecular weight excluding hydrogens is 209 g/mol. The maximum absolute atomic E-state index is 13.2. The van der Waals surface area contributed by atoms with Gasteiger partial charge in [0.2, 0.25) is 5.91 Å². The van der Waals surface area contributed by atoms with Crippen molar-refractivity contribution in [1.82, 2.24) is 10.3 Å². The minimum atomic E-state index is -0.521. The zero-order valence-electron chi connectivity index (χ0n) is 9.62. The third kappa shape index (κ3) is 3.49. The second-order valence-electron chi connectivity index (χ2n) is 3.86. The Morgan fingerprint density at radius 2 is 2.12 bits per heavy atom. The topological polar surface area (TPSA) is 54.0 Å². The summed E-state index contributed by atoms with van der Waals surface area (Å²) in [7, 11) is 0. The van der Waals surface area contributed by atoms with Crippen molar-refractivity contribution in [1.29, 1.82) is 0 Å². The predicted molar refractivity (Wildman–Crippen MR) is 60.6 cm³/mol. The lowest BCUT2D eigenvalue weighted by molar-refractivity contribution is -0.122. The quantitative estimate of drug-likeness (QED) is 0.817. The highest BCUT2D eigenvalue weighted by Crippen LogP contribution is 2.09. The van der Waals surface area contributed by atoms with Crippen LogP contribution in [-0.2, 0) is 4.79 Å². The monoisotopic (exact) mass is 225 g/mol. The van der Waals surface area contributed by atoms with Crippen LogP contribution in [0.4, 0.5) is 10.2 Å². The summed E-state index contributed by atoms with van der Waals surface area (Å²) in [6.07, 6.45) is 1.47. The molecule has 0 radical (unpaired) electrons. The Hall–Kier alpha value is -1.65. The first kappa shape index (κ1) is 12.4. The molecule has 1 aromatic heterocycles. The van der Waals surface area contributed by atoms with Gasteiger partial charge in [-0.2, -0.15) is 0 Å². The van der Waals surface area contributed by atoms with Crippen LogP contribution in [0.3, 0.4) is 0 Å². The summed E-state index contributed by atoms with van der Waals surface area (Å²) in [4.78, 5) is 15.4. The first-order valence-electron chi connectivity index (χ1n) is 5.18. The average molecular weight is 225 g/mol. The molecule has 1 aromatic rings. The number of nitrogens with one attached hydrogen (secondary N) is 2. The van der Waals surface area contributed by atoms with Gasteiger partial charge in [0.1, 0.15) is 6.04 Å². The van der Waals surface area contributed by atoms with E-state index in [4.69, 9.17) is 0 Å². The fourth-order valence-electron chi connectivity index (χ4n) is 1.17.